The molecule has 0 aliphatic heterocycles. The van der Waals surface area contributed by atoms with E-state index in [1.54, 1.807) is 19.9 Å². The summed E-state index contributed by atoms with van der Waals surface area (Å²) in [5.41, 5.74) is 7.40. The van der Waals surface area contributed by atoms with Gasteiger partial charge in [0.1, 0.15) is 11.6 Å². The van der Waals surface area contributed by atoms with E-state index in [1.807, 2.05) is 0 Å². The maximum Gasteiger partial charge on any atom is 0.225 e. The Labute approximate surface area is 120 Å². The van der Waals surface area contributed by atoms with Crippen molar-refractivity contribution in [2.24, 2.45) is 5.73 Å². The molecule has 106 valence electrons. The van der Waals surface area contributed by atoms with Gasteiger partial charge in [0.15, 0.2) is 0 Å². The number of hydrogen-bond acceptors (Lipinski definition) is 3. The van der Waals surface area contributed by atoms with Crippen molar-refractivity contribution in [3.63, 3.8) is 0 Å². The molecule has 0 saturated heterocycles. The molecule has 0 fully saturated rings. The highest BCUT2D eigenvalue weighted by molar-refractivity contribution is 6.31. The summed E-state index contributed by atoms with van der Waals surface area (Å²) in [5, 5.41) is 4.09. The quantitative estimate of drug-likeness (QED) is 0.943. The predicted molar refractivity (Wildman–Crippen MR) is 73.0 cm³/mol. The molecular formula is C14H14ClFN2O2. The third kappa shape index (κ3) is 2.82. The van der Waals surface area contributed by atoms with Gasteiger partial charge in [0.25, 0.3) is 0 Å². The van der Waals surface area contributed by atoms with Crippen molar-refractivity contribution in [1.82, 2.24) is 5.16 Å². The van der Waals surface area contributed by atoms with Crippen molar-refractivity contribution in [3.8, 4) is 0 Å². The molecule has 1 heterocycles. The van der Waals surface area contributed by atoms with Crippen LogP contribution in [0.2, 0.25) is 5.02 Å². The number of primary amides is 1. The molecule has 1 aromatic carbocycles. The number of amides is 1. The molecule has 0 saturated carbocycles. The second-order valence-corrected chi connectivity index (χ2v) is 5.04. The molecule has 0 aliphatic rings. The lowest BCUT2D eigenvalue weighted by Crippen LogP contribution is -2.24. The second-order valence-electron chi connectivity index (χ2n) is 4.63. The predicted octanol–water partition coefficient (Wildman–Crippen LogP) is 2.90. The number of benzene rings is 1. The number of nitrogens with zero attached hydrogens (tertiary/aromatic N) is 1. The van der Waals surface area contributed by atoms with Crippen LogP contribution in [0.5, 0.6) is 0 Å². The van der Waals surface area contributed by atoms with Gasteiger partial charge in [0.05, 0.1) is 11.6 Å². The van der Waals surface area contributed by atoms with Crippen molar-refractivity contribution >= 4 is 17.5 Å². The zero-order valence-corrected chi connectivity index (χ0v) is 11.9. The van der Waals surface area contributed by atoms with Gasteiger partial charge in [-0.1, -0.05) is 22.8 Å². The molecule has 2 aromatic rings. The fourth-order valence-electron chi connectivity index (χ4n) is 2.24. The number of nitrogens with two attached hydrogens (primary N) is 1. The lowest BCUT2D eigenvalue weighted by Gasteiger charge is -2.14. The van der Waals surface area contributed by atoms with E-state index in [9.17, 15) is 9.18 Å². The Morgan fingerprint density at radius 2 is 2.20 bits per heavy atom. The highest BCUT2D eigenvalue weighted by Crippen LogP contribution is 2.29. The number of rotatable bonds is 4. The van der Waals surface area contributed by atoms with E-state index >= 15 is 0 Å². The number of hydrogen-bond donors (Lipinski definition) is 1. The zero-order valence-electron chi connectivity index (χ0n) is 11.1. The molecule has 0 radical (unpaired) electrons. The average molecular weight is 297 g/mol. The van der Waals surface area contributed by atoms with E-state index in [2.05, 4.69) is 5.16 Å². The highest BCUT2D eigenvalue weighted by Gasteiger charge is 2.26. The van der Waals surface area contributed by atoms with Crippen LogP contribution in [-0.4, -0.2) is 11.1 Å². The Morgan fingerprint density at radius 1 is 1.50 bits per heavy atom. The number of halogens is 2. The topological polar surface area (TPSA) is 69.1 Å². The molecule has 1 unspecified atom stereocenters. The van der Waals surface area contributed by atoms with Crippen LogP contribution in [-0.2, 0) is 11.2 Å². The third-order valence-corrected chi connectivity index (χ3v) is 3.57. The summed E-state index contributed by atoms with van der Waals surface area (Å²) in [4.78, 5) is 11.7. The zero-order chi connectivity index (χ0) is 14.9. The summed E-state index contributed by atoms with van der Waals surface area (Å²) in [6.07, 6.45) is 0.275. The van der Waals surface area contributed by atoms with Crippen molar-refractivity contribution in [2.75, 3.05) is 0 Å². The van der Waals surface area contributed by atoms with Crippen molar-refractivity contribution in [3.05, 3.63) is 51.6 Å². The molecule has 20 heavy (non-hydrogen) atoms. The minimum atomic E-state index is -0.607. The fraction of sp³-hybridized carbons (Fsp3) is 0.286. The Kier molecular flexibility index (Phi) is 4.09. The van der Waals surface area contributed by atoms with E-state index in [-0.39, 0.29) is 11.4 Å². The SMILES string of the molecule is Cc1noc(C)c1C(Cc1ccc(F)cc1Cl)C(N)=O. The smallest absolute Gasteiger partial charge is 0.225 e. The first-order chi connectivity index (χ1) is 9.40. The first-order valence-electron chi connectivity index (χ1n) is 6.06. The molecule has 2 N–H and O–H groups in total. The molecule has 0 spiro atoms. The molecule has 6 heteroatoms. The number of aromatic nitrogens is 1. The van der Waals surface area contributed by atoms with Gasteiger partial charge in [-0.3, -0.25) is 4.79 Å². The van der Waals surface area contributed by atoms with E-state index in [4.69, 9.17) is 21.9 Å². The van der Waals surface area contributed by atoms with Crippen LogP contribution in [0.3, 0.4) is 0 Å². The molecule has 4 nitrogen and oxygen atoms in total. The molecule has 2 rings (SSSR count). The van der Waals surface area contributed by atoms with Crippen molar-refractivity contribution in [1.29, 1.82) is 0 Å². The Balaban J connectivity index is 2.38. The lowest BCUT2D eigenvalue weighted by atomic mass is 9.90. The second kappa shape index (κ2) is 5.63. The molecule has 1 amide bonds. The maximum absolute atomic E-state index is 13.0. The standard InChI is InChI=1S/C14H14ClFN2O2/c1-7-13(8(2)20-18-7)11(14(17)19)5-9-3-4-10(16)6-12(9)15/h3-4,6,11H,5H2,1-2H3,(H2,17,19). The maximum atomic E-state index is 13.0. The van der Waals surface area contributed by atoms with E-state index in [1.165, 1.54) is 12.1 Å². The van der Waals surface area contributed by atoms with Crippen LogP contribution in [0.25, 0.3) is 0 Å². The number of aryl methyl sites for hydroxylation is 2. The van der Waals surface area contributed by atoms with Gasteiger partial charge < -0.3 is 10.3 Å². The van der Waals surface area contributed by atoms with E-state index in [0.717, 1.165) is 0 Å². The first kappa shape index (κ1) is 14.5. The lowest BCUT2D eigenvalue weighted by molar-refractivity contribution is -0.119. The van der Waals surface area contributed by atoms with Gasteiger partial charge in [0, 0.05) is 10.6 Å². The largest absolute Gasteiger partial charge is 0.369 e. The normalized spacial score (nSPS) is 12.4. The van der Waals surface area contributed by atoms with Crippen LogP contribution in [0, 0.1) is 19.7 Å². The third-order valence-electron chi connectivity index (χ3n) is 3.22. The summed E-state index contributed by atoms with van der Waals surface area (Å²) in [7, 11) is 0. The van der Waals surface area contributed by atoms with E-state index < -0.39 is 17.6 Å². The highest BCUT2D eigenvalue weighted by atomic mass is 35.5. The van der Waals surface area contributed by atoms with Gasteiger partial charge in [-0.05, 0) is 38.0 Å². The number of carbonyl (C=O) groups excluding carboxylic acids is 1. The molecular weight excluding hydrogens is 283 g/mol. The van der Waals surface area contributed by atoms with Gasteiger partial charge in [0.2, 0.25) is 5.91 Å². The van der Waals surface area contributed by atoms with Gasteiger partial charge in [-0.25, -0.2) is 4.39 Å². The summed E-state index contributed by atoms with van der Waals surface area (Å²) in [6, 6.07) is 4.06. The molecule has 0 bridgehead atoms. The van der Waals surface area contributed by atoms with Crippen LogP contribution in [0.15, 0.2) is 22.7 Å². The molecule has 1 atom stereocenters. The average Bonchev–Trinajstić information content (AvgIpc) is 2.68. The monoisotopic (exact) mass is 296 g/mol. The molecule has 0 aliphatic carbocycles. The van der Waals surface area contributed by atoms with Gasteiger partial charge in [-0.15, -0.1) is 0 Å². The van der Waals surface area contributed by atoms with Crippen LogP contribution in [0.4, 0.5) is 4.39 Å². The van der Waals surface area contributed by atoms with Crippen LogP contribution in [0.1, 0.15) is 28.5 Å². The first-order valence-corrected chi connectivity index (χ1v) is 6.44. The summed E-state index contributed by atoms with van der Waals surface area (Å²) < 4.78 is 18.1. The minimum absolute atomic E-state index is 0.267. The van der Waals surface area contributed by atoms with Crippen molar-refractivity contribution in [2.45, 2.75) is 26.2 Å². The fourth-order valence-corrected chi connectivity index (χ4v) is 2.48. The van der Waals surface area contributed by atoms with Gasteiger partial charge >= 0.3 is 0 Å². The van der Waals surface area contributed by atoms with Crippen LogP contribution >= 0.6 is 11.6 Å². The van der Waals surface area contributed by atoms with E-state index in [0.29, 0.717) is 22.6 Å². The number of carbonyl (C=O) groups is 1. The molecule has 1 aromatic heterocycles. The van der Waals surface area contributed by atoms with Gasteiger partial charge in [-0.2, -0.15) is 0 Å². The minimum Gasteiger partial charge on any atom is -0.369 e. The summed E-state index contributed by atoms with van der Waals surface area (Å²) in [5.74, 6) is -0.986. The summed E-state index contributed by atoms with van der Waals surface area (Å²) in [6.45, 7) is 3.46. The Hall–Kier alpha value is -1.88. The van der Waals surface area contributed by atoms with Crippen LogP contribution < -0.4 is 5.73 Å². The van der Waals surface area contributed by atoms with Crippen molar-refractivity contribution < 1.29 is 13.7 Å². The summed E-state index contributed by atoms with van der Waals surface area (Å²) >= 11 is 5.99. The Bertz CT molecular complexity index is 635. The Morgan fingerprint density at radius 3 is 2.70 bits per heavy atom.